The molecule has 42 heavy (non-hydrogen) atoms. The van der Waals surface area contributed by atoms with Gasteiger partial charge in [-0.3, -0.25) is 19.5 Å². The molecular formula is C36H36N2O4. The molecule has 6 atom stereocenters. The van der Waals surface area contributed by atoms with Crippen molar-refractivity contribution in [3.63, 3.8) is 0 Å². The highest BCUT2D eigenvalue weighted by atomic mass is 16.4. The predicted octanol–water partition coefficient (Wildman–Crippen LogP) is 6.20. The number of piperidine rings is 3. The Morgan fingerprint density at radius 2 is 1.76 bits per heavy atom. The van der Waals surface area contributed by atoms with E-state index in [0.29, 0.717) is 35.8 Å². The normalized spacial score (nSPS) is 24.7. The van der Waals surface area contributed by atoms with Gasteiger partial charge in [0.2, 0.25) is 0 Å². The van der Waals surface area contributed by atoms with Crippen LogP contribution in [0.2, 0.25) is 0 Å². The number of aliphatic carboxylic acids is 1. The van der Waals surface area contributed by atoms with Crippen LogP contribution in [-0.4, -0.2) is 51.0 Å². The molecule has 0 radical (unpaired) electrons. The lowest BCUT2D eigenvalue weighted by Gasteiger charge is -2.50. The minimum absolute atomic E-state index is 0.0338. The van der Waals surface area contributed by atoms with E-state index < -0.39 is 18.0 Å². The van der Waals surface area contributed by atoms with Gasteiger partial charge in [0, 0.05) is 35.3 Å². The van der Waals surface area contributed by atoms with Crippen LogP contribution in [0.15, 0.2) is 97.7 Å². The smallest absolute Gasteiger partial charge is 0.310 e. The Hall–Kier alpha value is -4.13. The molecular weight excluding hydrogens is 524 g/mol. The van der Waals surface area contributed by atoms with Gasteiger partial charge in [0.05, 0.1) is 17.5 Å². The summed E-state index contributed by atoms with van der Waals surface area (Å²) < 4.78 is 0. The Kier molecular flexibility index (Phi) is 8.00. The molecule has 2 bridgehead atoms. The molecule has 0 spiro atoms. The van der Waals surface area contributed by atoms with Crippen LogP contribution in [0.3, 0.4) is 0 Å². The van der Waals surface area contributed by atoms with Crippen molar-refractivity contribution in [2.45, 2.75) is 43.7 Å². The van der Waals surface area contributed by atoms with Crippen LogP contribution in [0.4, 0.5) is 0 Å². The lowest BCUT2D eigenvalue weighted by molar-refractivity contribution is -0.138. The third-order valence-corrected chi connectivity index (χ3v) is 9.37. The fourth-order valence-corrected chi connectivity index (χ4v) is 7.16. The van der Waals surface area contributed by atoms with Gasteiger partial charge < -0.3 is 10.2 Å². The van der Waals surface area contributed by atoms with Crippen molar-refractivity contribution in [1.29, 1.82) is 0 Å². The van der Waals surface area contributed by atoms with E-state index in [9.17, 15) is 19.8 Å². The largest absolute Gasteiger partial charge is 0.481 e. The molecule has 1 aliphatic carbocycles. The van der Waals surface area contributed by atoms with E-state index in [1.807, 2.05) is 54.7 Å². The van der Waals surface area contributed by atoms with Crippen molar-refractivity contribution in [1.82, 2.24) is 9.88 Å². The summed E-state index contributed by atoms with van der Waals surface area (Å²) in [6.07, 6.45) is 6.99. The maximum Gasteiger partial charge on any atom is 0.310 e. The van der Waals surface area contributed by atoms with E-state index in [-0.39, 0.29) is 11.8 Å². The maximum absolute atomic E-state index is 12.5. The monoisotopic (exact) mass is 560 g/mol. The number of carboxylic acids is 1. The fraction of sp³-hybridized carbons (Fsp3) is 0.306. The summed E-state index contributed by atoms with van der Waals surface area (Å²) in [5, 5.41) is 21.3. The van der Waals surface area contributed by atoms with Gasteiger partial charge in [-0.25, -0.2) is 0 Å². The summed E-state index contributed by atoms with van der Waals surface area (Å²) in [6.45, 7) is 6.11. The van der Waals surface area contributed by atoms with Crippen LogP contribution >= 0.6 is 0 Å². The number of aliphatic hydroxyl groups excluding tert-OH is 1. The van der Waals surface area contributed by atoms with E-state index in [4.69, 9.17) is 0 Å². The second-order valence-electron chi connectivity index (χ2n) is 11.6. The number of carbonyl (C=O) groups excluding carboxylic acids is 1. The topological polar surface area (TPSA) is 90.7 Å². The number of pyridine rings is 1. The third kappa shape index (κ3) is 5.28. The average molecular weight is 561 g/mol. The number of aliphatic hydroxyl groups is 1. The first-order chi connectivity index (χ1) is 20.5. The number of nitrogens with zero attached hydrogens (tertiary/aromatic N) is 2. The number of aromatic nitrogens is 1. The minimum atomic E-state index is -0.812. The summed E-state index contributed by atoms with van der Waals surface area (Å²) in [7, 11) is 0. The van der Waals surface area contributed by atoms with E-state index in [0.717, 1.165) is 47.1 Å². The summed E-state index contributed by atoms with van der Waals surface area (Å²) in [6, 6.07) is 24.7. The molecule has 3 saturated heterocycles. The third-order valence-electron chi connectivity index (χ3n) is 9.37. The van der Waals surface area contributed by atoms with Crippen LogP contribution in [0.5, 0.6) is 0 Å². The maximum atomic E-state index is 12.5. The molecule has 3 aromatic carbocycles. The molecule has 0 amide bonds. The van der Waals surface area contributed by atoms with Crippen LogP contribution in [-0.2, 0) is 11.2 Å². The van der Waals surface area contributed by atoms with Gasteiger partial charge in [-0.2, -0.15) is 0 Å². The Bertz CT molecular complexity index is 1610. The van der Waals surface area contributed by atoms with Crippen molar-refractivity contribution in [2.75, 3.05) is 13.1 Å². The molecule has 3 aliphatic heterocycles. The quantitative estimate of drug-likeness (QED) is 0.216. The Balaban J connectivity index is 0.000000151. The SMILES string of the molecule is C=C[C@H]1C[N@]2CC[C@H]1C[C@H]2[C@H](O)c1ccnc2ccccc12.O=C(c1ccccc1)c1cccc2c1CCC2C(=O)O. The van der Waals surface area contributed by atoms with E-state index in [1.54, 1.807) is 24.3 Å². The first-order valence-electron chi connectivity index (χ1n) is 14.8. The van der Waals surface area contributed by atoms with Crippen molar-refractivity contribution < 1.29 is 19.8 Å². The number of carboxylic acid groups (broad SMARTS) is 1. The van der Waals surface area contributed by atoms with Gasteiger partial charge in [0.15, 0.2) is 5.78 Å². The summed E-state index contributed by atoms with van der Waals surface area (Å²) >= 11 is 0. The zero-order chi connectivity index (χ0) is 29.2. The second kappa shape index (κ2) is 12.0. The van der Waals surface area contributed by atoms with Gasteiger partial charge in [-0.05, 0) is 72.9 Å². The lowest BCUT2D eigenvalue weighted by Crippen LogP contribution is -2.54. The molecule has 6 heteroatoms. The lowest BCUT2D eigenvalue weighted by atomic mass is 9.73. The van der Waals surface area contributed by atoms with Gasteiger partial charge in [0.1, 0.15) is 0 Å². The summed E-state index contributed by atoms with van der Waals surface area (Å²) in [5.74, 6) is -0.0586. The number of rotatable bonds is 6. The van der Waals surface area contributed by atoms with Crippen molar-refractivity contribution in [3.8, 4) is 0 Å². The van der Waals surface area contributed by atoms with Gasteiger partial charge in [-0.15, -0.1) is 6.58 Å². The summed E-state index contributed by atoms with van der Waals surface area (Å²) in [5.41, 5.74) is 4.93. The Morgan fingerprint density at radius 1 is 0.976 bits per heavy atom. The highest BCUT2D eigenvalue weighted by Gasteiger charge is 2.42. The number of hydrogen-bond donors (Lipinski definition) is 2. The molecule has 214 valence electrons. The Labute approximate surface area is 246 Å². The van der Waals surface area contributed by atoms with E-state index in [1.165, 1.54) is 6.42 Å². The molecule has 8 rings (SSSR count). The van der Waals surface area contributed by atoms with Crippen molar-refractivity contribution >= 4 is 22.7 Å². The van der Waals surface area contributed by atoms with Crippen molar-refractivity contribution in [3.05, 3.63) is 126 Å². The highest BCUT2D eigenvalue weighted by molar-refractivity contribution is 6.10. The number of fused-ring (bicyclic) bond motifs is 5. The zero-order valence-electron chi connectivity index (χ0n) is 23.6. The first kappa shape index (κ1) is 28.0. The number of carbonyl (C=O) groups is 2. The number of para-hydroxylation sites is 1. The highest BCUT2D eigenvalue weighted by Crippen LogP contribution is 2.42. The molecule has 2 N–H and O–H groups in total. The molecule has 6 nitrogen and oxygen atoms in total. The predicted molar refractivity (Wildman–Crippen MR) is 163 cm³/mol. The van der Waals surface area contributed by atoms with Crippen molar-refractivity contribution in [2.24, 2.45) is 11.8 Å². The molecule has 1 aromatic heterocycles. The molecule has 1 unspecified atom stereocenters. The van der Waals surface area contributed by atoms with Crippen LogP contribution in [0.1, 0.15) is 63.9 Å². The standard InChI is InChI=1S/C19H22N2O.C17H14O3/c1-2-13-12-21-10-8-14(13)11-18(21)19(22)16-7-9-20-17-6-4-3-5-15(16)17;18-16(11-5-2-1-3-6-11)14-8-4-7-12-13(14)9-10-15(12)17(19)20/h2-7,9,13-14,18-19,22H,1,8,10-12H2;1-8,15H,9-10H2,(H,19,20)/t13-,14-,18-,19+;/m0./s1. The zero-order valence-corrected chi connectivity index (χ0v) is 23.6. The second-order valence-corrected chi connectivity index (χ2v) is 11.6. The van der Waals surface area contributed by atoms with Gasteiger partial charge in [0.25, 0.3) is 0 Å². The molecule has 0 saturated carbocycles. The number of benzene rings is 3. The van der Waals surface area contributed by atoms with Gasteiger partial charge >= 0.3 is 5.97 Å². The van der Waals surface area contributed by atoms with E-state index >= 15 is 0 Å². The number of ketones is 1. The number of hydrogen-bond acceptors (Lipinski definition) is 5. The van der Waals surface area contributed by atoms with Crippen LogP contribution in [0.25, 0.3) is 10.9 Å². The average Bonchev–Trinajstić information content (AvgIpc) is 3.50. The first-order valence-corrected chi connectivity index (χ1v) is 14.8. The molecule has 4 aromatic rings. The Morgan fingerprint density at radius 3 is 2.50 bits per heavy atom. The van der Waals surface area contributed by atoms with Gasteiger partial charge in [-0.1, -0.05) is 72.8 Å². The van der Waals surface area contributed by atoms with Crippen LogP contribution < -0.4 is 0 Å². The fourth-order valence-electron chi connectivity index (χ4n) is 7.16. The van der Waals surface area contributed by atoms with E-state index in [2.05, 4.69) is 28.6 Å². The molecule has 4 aliphatic rings. The van der Waals surface area contributed by atoms with Crippen LogP contribution in [0, 0.1) is 11.8 Å². The minimum Gasteiger partial charge on any atom is -0.481 e. The summed E-state index contributed by atoms with van der Waals surface area (Å²) in [4.78, 5) is 30.6. The molecule has 3 fully saturated rings. The molecule has 4 heterocycles.